The maximum atomic E-state index is 9.98. The Labute approximate surface area is 79.5 Å². The lowest BCUT2D eigenvalue weighted by Gasteiger charge is -2.31. The van der Waals surface area contributed by atoms with Crippen LogP contribution in [0.25, 0.3) is 0 Å². The van der Waals surface area contributed by atoms with Crippen molar-refractivity contribution in [2.24, 2.45) is 0 Å². The highest BCUT2D eigenvalue weighted by Gasteiger charge is 2.28. The van der Waals surface area contributed by atoms with E-state index < -0.39 is 5.60 Å². The zero-order valence-corrected chi connectivity index (χ0v) is 8.10. The van der Waals surface area contributed by atoms with Crippen molar-refractivity contribution in [2.75, 3.05) is 26.3 Å². The van der Waals surface area contributed by atoms with Crippen LogP contribution in [0.3, 0.4) is 0 Å². The van der Waals surface area contributed by atoms with Crippen LogP contribution in [0.2, 0.25) is 0 Å². The first-order valence-electron chi connectivity index (χ1n) is 4.67. The van der Waals surface area contributed by atoms with Gasteiger partial charge in [0.25, 0.3) is 0 Å². The van der Waals surface area contributed by atoms with Crippen molar-refractivity contribution in [3.63, 3.8) is 0 Å². The molecule has 0 bridgehead atoms. The minimum absolute atomic E-state index is 0.576. The molecule has 2 N–H and O–H groups in total. The Hall–Kier alpha value is -0.560. The molecule has 0 spiro atoms. The van der Waals surface area contributed by atoms with Crippen LogP contribution >= 0.6 is 0 Å². The van der Waals surface area contributed by atoms with Gasteiger partial charge in [-0.15, -0.1) is 5.92 Å². The normalized spacial score (nSPS) is 20.5. The van der Waals surface area contributed by atoms with Gasteiger partial charge in [-0.25, -0.2) is 0 Å². The zero-order chi connectivity index (χ0) is 9.57. The third-order valence-corrected chi connectivity index (χ3v) is 2.27. The van der Waals surface area contributed by atoms with Crippen LogP contribution in [-0.4, -0.2) is 37.0 Å². The first-order chi connectivity index (χ1) is 6.27. The molecule has 1 aliphatic rings. The number of nitrogens with one attached hydrogen (secondary N) is 1. The summed E-state index contributed by atoms with van der Waals surface area (Å²) in [5.41, 5.74) is -0.576. The fourth-order valence-corrected chi connectivity index (χ4v) is 1.37. The van der Waals surface area contributed by atoms with Crippen molar-refractivity contribution in [1.29, 1.82) is 0 Å². The van der Waals surface area contributed by atoms with E-state index >= 15 is 0 Å². The van der Waals surface area contributed by atoms with Crippen LogP contribution < -0.4 is 5.32 Å². The maximum Gasteiger partial charge on any atom is 0.0815 e. The van der Waals surface area contributed by atoms with Crippen molar-refractivity contribution in [1.82, 2.24) is 5.32 Å². The highest BCUT2D eigenvalue weighted by Crippen LogP contribution is 2.18. The SMILES string of the molecule is CC#CCNCC1(O)CCOCC1. The summed E-state index contributed by atoms with van der Waals surface area (Å²) in [7, 11) is 0. The predicted molar refractivity (Wildman–Crippen MR) is 51.3 cm³/mol. The molecular weight excluding hydrogens is 166 g/mol. The molecule has 1 saturated heterocycles. The number of hydrogen-bond donors (Lipinski definition) is 2. The lowest BCUT2D eigenvalue weighted by atomic mass is 9.94. The summed E-state index contributed by atoms with van der Waals surface area (Å²) in [6.45, 7) is 4.41. The lowest BCUT2D eigenvalue weighted by Crippen LogP contribution is -2.45. The van der Waals surface area contributed by atoms with Crippen LogP contribution in [-0.2, 0) is 4.74 Å². The molecule has 0 saturated carbocycles. The Morgan fingerprint density at radius 1 is 1.46 bits per heavy atom. The van der Waals surface area contributed by atoms with E-state index in [1.165, 1.54) is 0 Å². The van der Waals surface area contributed by atoms with Crippen molar-refractivity contribution < 1.29 is 9.84 Å². The summed E-state index contributed by atoms with van der Waals surface area (Å²) < 4.78 is 5.18. The van der Waals surface area contributed by atoms with Crippen molar-refractivity contribution in [3.05, 3.63) is 0 Å². The smallest absolute Gasteiger partial charge is 0.0815 e. The number of hydrogen-bond acceptors (Lipinski definition) is 3. The average molecular weight is 183 g/mol. The van der Waals surface area contributed by atoms with Gasteiger partial charge in [-0.05, 0) is 6.92 Å². The van der Waals surface area contributed by atoms with Gasteiger partial charge in [0.05, 0.1) is 12.1 Å². The van der Waals surface area contributed by atoms with Gasteiger partial charge in [-0.3, -0.25) is 0 Å². The highest BCUT2D eigenvalue weighted by molar-refractivity contribution is 4.97. The standard InChI is InChI=1S/C10H17NO2/c1-2-3-6-11-9-10(12)4-7-13-8-5-10/h11-12H,4-9H2,1H3. The third-order valence-electron chi connectivity index (χ3n) is 2.27. The zero-order valence-electron chi connectivity index (χ0n) is 8.10. The number of aliphatic hydroxyl groups is 1. The van der Waals surface area contributed by atoms with Gasteiger partial charge >= 0.3 is 0 Å². The molecule has 1 aliphatic heterocycles. The van der Waals surface area contributed by atoms with Gasteiger partial charge in [0, 0.05) is 32.6 Å². The Morgan fingerprint density at radius 3 is 2.77 bits per heavy atom. The van der Waals surface area contributed by atoms with Gasteiger partial charge in [0.1, 0.15) is 0 Å². The van der Waals surface area contributed by atoms with Crippen molar-refractivity contribution >= 4 is 0 Å². The number of ether oxygens (including phenoxy) is 1. The van der Waals surface area contributed by atoms with Crippen LogP contribution in [0.1, 0.15) is 19.8 Å². The molecule has 1 rings (SSSR count). The Balaban J connectivity index is 2.19. The van der Waals surface area contributed by atoms with Crippen LogP contribution in [0.15, 0.2) is 0 Å². The van der Waals surface area contributed by atoms with E-state index in [2.05, 4.69) is 17.2 Å². The first-order valence-corrected chi connectivity index (χ1v) is 4.67. The molecule has 13 heavy (non-hydrogen) atoms. The van der Waals surface area contributed by atoms with E-state index in [0.29, 0.717) is 26.3 Å². The minimum Gasteiger partial charge on any atom is -0.388 e. The quantitative estimate of drug-likeness (QED) is 0.483. The Bertz CT molecular complexity index is 199. The first kappa shape index (κ1) is 10.5. The van der Waals surface area contributed by atoms with Gasteiger partial charge in [0.15, 0.2) is 0 Å². The molecule has 74 valence electrons. The summed E-state index contributed by atoms with van der Waals surface area (Å²) in [6.07, 6.45) is 1.44. The monoisotopic (exact) mass is 183 g/mol. The second-order valence-corrected chi connectivity index (χ2v) is 3.37. The Morgan fingerprint density at radius 2 is 2.15 bits per heavy atom. The molecule has 0 radical (unpaired) electrons. The van der Waals surface area contributed by atoms with Crippen LogP contribution in [0.5, 0.6) is 0 Å². The van der Waals surface area contributed by atoms with Gasteiger partial charge in [-0.1, -0.05) is 5.92 Å². The molecular formula is C10H17NO2. The second-order valence-electron chi connectivity index (χ2n) is 3.37. The van der Waals surface area contributed by atoms with Gasteiger partial charge in [0.2, 0.25) is 0 Å². The van der Waals surface area contributed by atoms with Crippen LogP contribution in [0, 0.1) is 11.8 Å². The summed E-state index contributed by atoms with van der Waals surface area (Å²) in [4.78, 5) is 0. The van der Waals surface area contributed by atoms with Gasteiger partial charge in [-0.2, -0.15) is 0 Å². The molecule has 1 fully saturated rings. The summed E-state index contributed by atoms with van der Waals surface area (Å²) in [6, 6.07) is 0. The fourth-order valence-electron chi connectivity index (χ4n) is 1.37. The largest absolute Gasteiger partial charge is 0.388 e. The molecule has 0 aromatic heterocycles. The highest BCUT2D eigenvalue weighted by atomic mass is 16.5. The molecule has 3 heteroatoms. The molecule has 0 atom stereocenters. The molecule has 0 amide bonds. The van der Waals surface area contributed by atoms with E-state index in [9.17, 15) is 5.11 Å². The lowest BCUT2D eigenvalue weighted by molar-refractivity contribution is -0.0610. The molecule has 1 heterocycles. The number of rotatable bonds is 3. The predicted octanol–water partition coefficient (Wildman–Crippen LogP) is 0.141. The second kappa shape index (κ2) is 5.23. The van der Waals surface area contributed by atoms with E-state index in [0.717, 1.165) is 12.8 Å². The van der Waals surface area contributed by atoms with E-state index in [1.807, 2.05) is 6.92 Å². The van der Waals surface area contributed by atoms with Crippen molar-refractivity contribution in [2.45, 2.75) is 25.4 Å². The maximum absolute atomic E-state index is 9.98. The summed E-state index contributed by atoms with van der Waals surface area (Å²) in [5.74, 6) is 5.70. The average Bonchev–Trinajstić information content (AvgIpc) is 2.14. The van der Waals surface area contributed by atoms with Gasteiger partial charge < -0.3 is 15.2 Å². The molecule has 0 aromatic rings. The van der Waals surface area contributed by atoms with E-state index in [4.69, 9.17) is 4.74 Å². The fraction of sp³-hybridized carbons (Fsp3) is 0.800. The molecule has 0 aromatic carbocycles. The third kappa shape index (κ3) is 3.77. The van der Waals surface area contributed by atoms with E-state index in [-0.39, 0.29) is 0 Å². The summed E-state index contributed by atoms with van der Waals surface area (Å²) >= 11 is 0. The molecule has 0 aliphatic carbocycles. The minimum atomic E-state index is -0.576. The van der Waals surface area contributed by atoms with Crippen molar-refractivity contribution in [3.8, 4) is 11.8 Å². The topological polar surface area (TPSA) is 41.5 Å². The Kier molecular flexibility index (Phi) is 4.23. The molecule has 3 nitrogen and oxygen atoms in total. The molecule has 0 unspecified atom stereocenters. The van der Waals surface area contributed by atoms with Crippen LogP contribution in [0.4, 0.5) is 0 Å². The van der Waals surface area contributed by atoms with E-state index in [1.54, 1.807) is 0 Å². The summed E-state index contributed by atoms with van der Waals surface area (Å²) in [5, 5.41) is 13.1.